The normalized spacial score (nSPS) is 11.7. The Bertz CT molecular complexity index is 9850. The zero-order chi connectivity index (χ0) is 93.0. The van der Waals surface area contributed by atoms with Crippen LogP contribution in [0.15, 0.2) is 524 Å². The first-order valence-electron chi connectivity index (χ1n) is 48.0. The van der Waals surface area contributed by atoms with Crippen LogP contribution >= 0.6 is 22.7 Å². The monoisotopic (exact) mass is 1830 g/mol. The van der Waals surface area contributed by atoms with Gasteiger partial charge in [-0.1, -0.05) is 382 Å². The largest absolute Gasteiger partial charge is 0.455 e. The number of benzene rings is 25. The molecule has 25 aromatic carbocycles. The fraction of sp³-hybridized carbons (Fsp3) is 0. The molecule has 660 valence electrons. The number of para-hydroxylation sites is 4. The van der Waals surface area contributed by atoms with Gasteiger partial charge in [0.15, 0.2) is 0 Å². The third kappa shape index (κ3) is 14.6. The van der Waals surface area contributed by atoms with Gasteiger partial charge in [0.25, 0.3) is 0 Å². The lowest BCUT2D eigenvalue weighted by atomic mass is 9.97. The van der Waals surface area contributed by atoms with E-state index in [1.54, 1.807) is 0 Å². The Kier molecular flexibility index (Phi) is 20.3. The summed E-state index contributed by atoms with van der Waals surface area (Å²) in [4.78, 5) is 7.12. The third-order valence-corrected chi connectivity index (χ3v) is 30.7. The molecule has 0 saturated carbocycles. The molecule has 7 heteroatoms. The molecular weight excluding hydrogens is 1750 g/mol. The van der Waals surface area contributed by atoms with Gasteiger partial charge in [0.1, 0.15) is 22.3 Å². The Morgan fingerprint density at radius 1 is 0.156 bits per heavy atom. The van der Waals surface area contributed by atoms with Gasteiger partial charge in [0.2, 0.25) is 0 Å². The second-order valence-corrected chi connectivity index (χ2v) is 38.5. The van der Waals surface area contributed by atoms with Crippen LogP contribution in [0.25, 0.3) is 215 Å². The Labute approximate surface area is 821 Å². The minimum atomic E-state index is 0.904. The van der Waals surface area contributed by atoms with Crippen molar-refractivity contribution in [2.75, 3.05) is 14.7 Å². The van der Waals surface area contributed by atoms with Gasteiger partial charge in [-0.05, 0) is 237 Å². The highest BCUT2D eigenvalue weighted by Crippen LogP contribution is 2.51. The molecule has 0 amide bonds. The minimum Gasteiger partial charge on any atom is -0.455 e. The minimum absolute atomic E-state index is 0.904. The summed E-state index contributed by atoms with van der Waals surface area (Å²) in [6, 6.07) is 186. The van der Waals surface area contributed by atoms with Crippen molar-refractivity contribution in [3.63, 3.8) is 0 Å². The number of hydrogen-bond acceptors (Lipinski definition) is 7. The maximum absolute atomic E-state index is 6.55. The number of rotatable bonds is 13. The van der Waals surface area contributed by atoms with Gasteiger partial charge in [0.05, 0.1) is 5.69 Å². The van der Waals surface area contributed by atoms with Gasteiger partial charge in [0, 0.05) is 134 Å². The fourth-order valence-electron chi connectivity index (χ4n) is 21.5. The van der Waals surface area contributed by atoms with Crippen molar-refractivity contribution in [3.8, 4) is 44.5 Å². The van der Waals surface area contributed by atoms with Gasteiger partial charge >= 0.3 is 0 Å². The number of nitrogens with zero attached hydrogens (tertiary/aromatic N) is 3. The molecule has 4 aromatic heterocycles. The standard InChI is InChI=1S/C52H31NO2.C44H29NS.C38H25NS/c1-2-11-38-34(10-1)31-47(42-13-4-3-12-41(38)42)53(36-25-22-32(23-26-36)40-16-9-17-45-43-14-5-7-18-48(43)54-51(40)45)37-27-29-39-35(30-37)21-20-33-24-28-46-44-15-6-8-19-49(44)55-52(46)50(33)39;1-3-9-30(10-4-1)32-17-22-36(23-18-32)45(37-24-19-33(20-25-37)31-11-5-2-6-12-31)38-26-28-39-35(29-38)16-15-34-21-27-41-40-13-7-8-14-42(40)46-44(41)43(34)39;1-3-9-26(10-4-1)27-17-20-31(21-18-27)39(30-11-5-2-6-12-30)32-22-24-33-29(25-32)16-15-28-19-23-35-34-13-7-8-14-36(34)40-38(35)37(28)33/h1-31H;1-29H;1-25H. The van der Waals surface area contributed by atoms with Crippen LogP contribution < -0.4 is 14.7 Å². The van der Waals surface area contributed by atoms with Crippen molar-refractivity contribution in [2.45, 2.75) is 0 Å². The Hall–Kier alpha value is -18.0. The number of anilines is 9. The van der Waals surface area contributed by atoms with Crippen molar-refractivity contribution in [1.82, 2.24) is 0 Å². The molecule has 29 rings (SSSR count). The van der Waals surface area contributed by atoms with Crippen molar-refractivity contribution in [1.29, 1.82) is 0 Å². The van der Waals surface area contributed by atoms with E-state index in [0.717, 1.165) is 117 Å². The number of thiophene rings is 2. The summed E-state index contributed by atoms with van der Waals surface area (Å²) in [5.41, 5.74) is 23.2. The van der Waals surface area contributed by atoms with Crippen LogP contribution in [0.1, 0.15) is 0 Å². The molecule has 0 N–H and O–H groups in total. The highest BCUT2D eigenvalue weighted by atomic mass is 32.1. The van der Waals surface area contributed by atoms with E-state index >= 15 is 0 Å². The van der Waals surface area contributed by atoms with E-state index in [9.17, 15) is 0 Å². The van der Waals surface area contributed by atoms with Gasteiger partial charge < -0.3 is 23.5 Å². The zero-order valence-electron chi connectivity index (χ0n) is 76.5. The molecule has 0 aliphatic carbocycles. The lowest BCUT2D eigenvalue weighted by molar-refractivity contribution is 0.670. The summed E-state index contributed by atoms with van der Waals surface area (Å²) in [5, 5.41) is 29.7. The summed E-state index contributed by atoms with van der Waals surface area (Å²) >= 11 is 3.80. The van der Waals surface area contributed by atoms with Crippen LogP contribution in [0.2, 0.25) is 0 Å². The summed E-state index contributed by atoms with van der Waals surface area (Å²) < 4.78 is 18.4. The van der Waals surface area contributed by atoms with Crippen molar-refractivity contribution in [2.24, 2.45) is 0 Å². The van der Waals surface area contributed by atoms with Gasteiger partial charge in [-0.15, -0.1) is 22.7 Å². The molecule has 0 aliphatic heterocycles. The first-order chi connectivity index (χ1) is 69.9. The molecule has 0 bridgehead atoms. The van der Waals surface area contributed by atoms with Crippen LogP contribution in [0.3, 0.4) is 0 Å². The fourth-order valence-corrected chi connectivity index (χ4v) is 24.1. The zero-order valence-corrected chi connectivity index (χ0v) is 78.2. The summed E-state index contributed by atoms with van der Waals surface area (Å²) in [6.07, 6.45) is 0. The van der Waals surface area contributed by atoms with E-state index in [1.807, 2.05) is 40.9 Å². The first kappa shape index (κ1) is 82.5. The summed E-state index contributed by atoms with van der Waals surface area (Å²) in [5.74, 6) is 0. The molecule has 141 heavy (non-hydrogen) atoms. The van der Waals surface area contributed by atoms with E-state index in [2.05, 4.69) is 512 Å². The third-order valence-electron chi connectivity index (χ3n) is 28.3. The average molecular weight is 1830 g/mol. The molecule has 29 aromatic rings. The molecule has 0 atom stereocenters. The van der Waals surface area contributed by atoms with E-state index in [1.165, 1.54) is 149 Å². The van der Waals surface area contributed by atoms with E-state index in [-0.39, 0.29) is 0 Å². The van der Waals surface area contributed by atoms with E-state index in [4.69, 9.17) is 8.83 Å². The summed E-state index contributed by atoms with van der Waals surface area (Å²) in [6.45, 7) is 0. The van der Waals surface area contributed by atoms with Gasteiger partial charge in [-0.3, -0.25) is 0 Å². The molecule has 0 aliphatic rings. The molecule has 5 nitrogen and oxygen atoms in total. The highest BCUT2D eigenvalue weighted by molar-refractivity contribution is 7.27. The quantitative estimate of drug-likeness (QED) is 0.108. The predicted molar refractivity (Wildman–Crippen MR) is 606 cm³/mol. The highest BCUT2D eigenvalue weighted by Gasteiger charge is 2.25. The summed E-state index contributed by atoms with van der Waals surface area (Å²) in [7, 11) is 0. The van der Waals surface area contributed by atoms with Crippen molar-refractivity contribution in [3.05, 3.63) is 516 Å². The topological polar surface area (TPSA) is 36.0 Å². The molecule has 0 unspecified atom stereocenters. The predicted octanol–water partition coefficient (Wildman–Crippen LogP) is 39.9. The smallest absolute Gasteiger partial charge is 0.143 e. The number of hydrogen-bond donors (Lipinski definition) is 0. The van der Waals surface area contributed by atoms with Crippen LogP contribution in [0.4, 0.5) is 51.2 Å². The first-order valence-corrected chi connectivity index (χ1v) is 49.7. The molecule has 0 saturated heterocycles. The molecular formula is C134H85N3O2S2. The maximum Gasteiger partial charge on any atom is 0.143 e. The molecule has 4 heterocycles. The molecule has 0 fully saturated rings. The van der Waals surface area contributed by atoms with Crippen LogP contribution in [0, 0.1) is 0 Å². The van der Waals surface area contributed by atoms with Crippen LogP contribution in [-0.4, -0.2) is 0 Å². The Morgan fingerprint density at radius 2 is 0.461 bits per heavy atom. The molecule has 0 spiro atoms. The number of furan rings is 2. The maximum atomic E-state index is 6.55. The van der Waals surface area contributed by atoms with Gasteiger partial charge in [-0.2, -0.15) is 0 Å². The molecule has 0 radical (unpaired) electrons. The Balaban J connectivity index is 0.000000107. The second kappa shape index (κ2) is 34.7. The van der Waals surface area contributed by atoms with Crippen molar-refractivity contribution < 1.29 is 8.83 Å². The average Bonchev–Trinajstić information content (AvgIpc) is 1.63. The van der Waals surface area contributed by atoms with Gasteiger partial charge in [-0.25, -0.2) is 0 Å². The lowest BCUT2D eigenvalue weighted by Crippen LogP contribution is -2.10. The van der Waals surface area contributed by atoms with Crippen LogP contribution in [0.5, 0.6) is 0 Å². The second-order valence-electron chi connectivity index (χ2n) is 36.4. The van der Waals surface area contributed by atoms with Crippen LogP contribution in [-0.2, 0) is 0 Å². The Morgan fingerprint density at radius 3 is 0.943 bits per heavy atom. The SMILES string of the molecule is c1ccc(-c2ccc(N(c3ccc(-c4ccccc4)cc3)c3ccc4c(ccc5ccc6c7ccccc7sc6c54)c3)cc2)cc1.c1ccc(-c2ccc(N(c3ccccc3)c3ccc4c(ccc5ccc6c7ccccc7sc6c54)c3)cc2)cc1.c1ccc2c(c1)cc(N(c1ccc(-c3cccc4c3oc3ccccc34)cc1)c1ccc3c(ccc4ccc5c6ccccc6oc5c43)c1)c1ccccc12. The van der Waals surface area contributed by atoms with E-state index in [0.29, 0.717) is 0 Å². The van der Waals surface area contributed by atoms with E-state index < -0.39 is 0 Å². The number of fused-ring (bicyclic) bond motifs is 27. The lowest BCUT2D eigenvalue weighted by Gasteiger charge is -2.28. The van der Waals surface area contributed by atoms with Crippen molar-refractivity contribution >= 4 is 244 Å².